The van der Waals surface area contributed by atoms with E-state index < -0.39 is 20.4 Å². The molecule has 6 nitrogen and oxygen atoms in total. The van der Waals surface area contributed by atoms with E-state index in [1.165, 1.54) is 30.3 Å². The molecule has 124 valence electrons. The summed E-state index contributed by atoms with van der Waals surface area (Å²) in [7, 11) is -4.19. The first kappa shape index (κ1) is 16.8. The molecule has 0 atom stereocenters. The Morgan fingerprint density at radius 1 is 1.00 bits per heavy atom. The normalized spacial score (nSPS) is 11.6. The van der Waals surface area contributed by atoms with Crippen LogP contribution in [0.15, 0.2) is 61.5 Å². The molecule has 1 aromatic heterocycles. The molecule has 24 heavy (non-hydrogen) atoms. The minimum Gasteiger partial charge on any atom is -0.422 e. The van der Waals surface area contributed by atoms with Crippen LogP contribution in [0.1, 0.15) is 0 Å². The Hall–Kier alpha value is -2.06. The zero-order valence-corrected chi connectivity index (χ0v) is 14.2. The van der Waals surface area contributed by atoms with E-state index >= 15 is 0 Å². The van der Waals surface area contributed by atoms with Gasteiger partial charge in [0.15, 0.2) is 4.90 Å². The number of nitrogen functional groups attached to an aromatic ring is 1. The lowest BCUT2D eigenvalue weighted by Crippen LogP contribution is -2.15. The second-order valence-electron chi connectivity index (χ2n) is 4.87. The molecule has 3 N–H and O–H groups in total. The van der Waals surface area contributed by atoms with Gasteiger partial charge in [-0.3, -0.25) is 5.84 Å². The maximum Gasteiger partial charge on any atom is 0.355 e. The molecule has 0 unspecified atom stereocenters. The summed E-state index contributed by atoms with van der Waals surface area (Å²) in [6.45, 7) is 0. The first-order chi connectivity index (χ1) is 11.3. The van der Waals surface area contributed by atoms with Crippen LogP contribution in [-0.4, -0.2) is 8.42 Å². The monoisotopic (exact) mass is 384 g/mol. The number of nitrogens with one attached hydrogen (secondary N) is 1. The highest BCUT2D eigenvalue weighted by Crippen LogP contribution is 2.30. The van der Waals surface area contributed by atoms with Gasteiger partial charge in [-0.1, -0.05) is 23.2 Å². The number of rotatable bonds is 3. The van der Waals surface area contributed by atoms with Crippen LogP contribution in [0.4, 0.5) is 5.69 Å². The van der Waals surface area contributed by atoms with Gasteiger partial charge in [-0.15, -0.1) is 0 Å². The summed E-state index contributed by atoms with van der Waals surface area (Å²) in [4.78, 5) is 11.4. The number of sulfone groups is 1. The van der Waals surface area contributed by atoms with Gasteiger partial charge in [0.1, 0.15) is 5.58 Å². The number of hydrogen-bond donors (Lipinski definition) is 2. The van der Waals surface area contributed by atoms with E-state index in [0.717, 1.165) is 0 Å². The fourth-order valence-electron chi connectivity index (χ4n) is 2.17. The third-order valence-corrected chi connectivity index (χ3v) is 5.80. The number of nitrogens with two attached hydrogens (primary N) is 1. The van der Waals surface area contributed by atoms with Gasteiger partial charge in [0.25, 0.3) is 0 Å². The molecular formula is C15H10Cl2N2O4S. The van der Waals surface area contributed by atoms with E-state index in [9.17, 15) is 13.2 Å². The number of halogens is 2. The molecule has 0 spiro atoms. The maximum absolute atomic E-state index is 12.8. The van der Waals surface area contributed by atoms with Crippen molar-refractivity contribution in [3.05, 3.63) is 62.9 Å². The van der Waals surface area contributed by atoms with E-state index in [2.05, 4.69) is 5.43 Å². The van der Waals surface area contributed by atoms with Crippen LogP contribution in [0.5, 0.6) is 0 Å². The van der Waals surface area contributed by atoms with E-state index in [1.807, 2.05) is 0 Å². The number of hydrogen-bond acceptors (Lipinski definition) is 6. The van der Waals surface area contributed by atoms with Crippen LogP contribution in [0.3, 0.4) is 0 Å². The van der Waals surface area contributed by atoms with Gasteiger partial charge in [0, 0.05) is 16.5 Å². The minimum atomic E-state index is -4.19. The van der Waals surface area contributed by atoms with Crippen molar-refractivity contribution in [1.82, 2.24) is 0 Å². The van der Waals surface area contributed by atoms with E-state index in [4.69, 9.17) is 33.5 Å². The Morgan fingerprint density at radius 3 is 2.46 bits per heavy atom. The largest absolute Gasteiger partial charge is 0.422 e. The van der Waals surface area contributed by atoms with Crippen molar-refractivity contribution in [2.75, 3.05) is 5.43 Å². The number of hydrazine groups is 1. The molecule has 3 aromatic rings. The molecule has 0 fully saturated rings. The van der Waals surface area contributed by atoms with Crippen molar-refractivity contribution in [2.24, 2.45) is 5.84 Å². The summed E-state index contributed by atoms with van der Waals surface area (Å²) in [6.07, 6.45) is 0. The summed E-state index contributed by atoms with van der Waals surface area (Å²) in [6, 6.07) is 9.89. The van der Waals surface area contributed by atoms with Crippen LogP contribution in [0.25, 0.3) is 11.0 Å². The van der Waals surface area contributed by atoms with Gasteiger partial charge >= 0.3 is 5.63 Å². The van der Waals surface area contributed by atoms with Gasteiger partial charge in [-0.2, -0.15) is 0 Å². The van der Waals surface area contributed by atoms with Crippen molar-refractivity contribution in [3.63, 3.8) is 0 Å². The van der Waals surface area contributed by atoms with Gasteiger partial charge in [0.05, 0.1) is 15.6 Å². The van der Waals surface area contributed by atoms with E-state index in [0.29, 0.717) is 11.1 Å². The standard InChI is InChI=1S/C15H10Cl2N2O4S/c16-9-2-4-11(17)13(6-9)24(21,22)14-5-8-1-3-10(19-18)7-12(8)23-15(14)20/h1-7,19H,18H2. The summed E-state index contributed by atoms with van der Waals surface area (Å²) in [5.41, 5.74) is 2.12. The maximum atomic E-state index is 12.8. The Bertz CT molecular complexity index is 1110. The Morgan fingerprint density at radius 2 is 1.75 bits per heavy atom. The van der Waals surface area contributed by atoms with Crippen molar-refractivity contribution < 1.29 is 12.8 Å². The SMILES string of the molecule is NNc1ccc2cc(S(=O)(=O)c3cc(Cl)ccc3Cl)c(=O)oc2c1. The molecule has 0 saturated carbocycles. The lowest BCUT2D eigenvalue weighted by molar-refractivity contribution is 0.532. The average molecular weight is 385 g/mol. The smallest absolute Gasteiger partial charge is 0.355 e. The molecule has 0 amide bonds. The first-order valence-corrected chi connectivity index (χ1v) is 8.81. The number of benzene rings is 2. The lowest BCUT2D eigenvalue weighted by Gasteiger charge is -2.07. The molecule has 0 saturated heterocycles. The topological polar surface area (TPSA) is 102 Å². The molecule has 2 aromatic carbocycles. The van der Waals surface area contributed by atoms with E-state index in [1.54, 1.807) is 12.1 Å². The van der Waals surface area contributed by atoms with Gasteiger partial charge in [-0.05, 0) is 36.4 Å². The molecule has 0 aliphatic heterocycles. The zero-order valence-electron chi connectivity index (χ0n) is 11.9. The Balaban J connectivity index is 2.26. The number of fused-ring (bicyclic) bond motifs is 1. The molecule has 1 heterocycles. The quantitative estimate of drug-likeness (QED) is 0.408. The van der Waals surface area contributed by atoms with E-state index in [-0.39, 0.29) is 20.5 Å². The molecule has 9 heteroatoms. The van der Waals surface area contributed by atoms with Crippen LogP contribution >= 0.6 is 23.2 Å². The first-order valence-electron chi connectivity index (χ1n) is 6.57. The van der Waals surface area contributed by atoms with Crippen LogP contribution in [0, 0.1) is 0 Å². The Labute approximate surface area is 146 Å². The van der Waals surface area contributed by atoms with Crippen LogP contribution in [0.2, 0.25) is 10.0 Å². The number of anilines is 1. The third kappa shape index (κ3) is 2.87. The predicted molar refractivity (Wildman–Crippen MR) is 92.2 cm³/mol. The fraction of sp³-hybridized carbons (Fsp3) is 0. The van der Waals surface area contributed by atoms with Crippen molar-refractivity contribution >= 4 is 49.7 Å². The average Bonchev–Trinajstić information content (AvgIpc) is 2.55. The minimum absolute atomic E-state index is 0.0402. The van der Waals surface area contributed by atoms with Gasteiger partial charge in [-0.25, -0.2) is 13.2 Å². The summed E-state index contributed by atoms with van der Waals surface area (Å²) in [5, 5.41) is 0.564. The fourth-order valence-corrected chi connectivity index (χ4v) is 4.22. The highest BCUT2D eigenvalue weighted by molar-refractivity contribution is 7.91. The molecule has 0 aliphatic carbocycles. The highest BCUT2D eigenvalue weighted by Gasteiger charge is 2.26. The van der Waals surface area contributed by atoms with Crippen LogP contribution in [-0.2, 0) is 9.84 Å². The molecular weight excluding hydrogens is 375 g/mol. The summed E-state index contributed by atoms with van der Waals surface area (Å²) < 4.78 is 30.6. The summed E-state index contributed by atoms with van der Waals surface area (Å²) in [5.74, 6) is 5.29. The second kappa shape index (κ2) is 6.10. The van der Waals surface area contributed by atoms with Crippen molar-refractivity contribution in [2.45, 2.75) is 9.79 Å². The Kier molecular flexibility index (Phi) is 4.27. The van der Waals surface area contributed by atoms with Gasteiger partial charge in [0.2, 0.25) is 9.84 Å². The predicted octanol–water partition coefficient (Wildman–Crippen LogP) is 3.22. The zero-order chi connectivity index (χ0) is 17.5. The molecule has 0 bridgehead atoms. The highest BCUT2D eigenvalue weighted by atomic mass is 35.5. The third-order valence-electron chi connectivity index (χ3n) is 3.34. The van der Waals surface area contributed by atoms with Gasteiger partial charge < -0.3 is 9.84 Å². The van der Waals surface area contributed by atoms with Crippen molar-refractivity contribution in [1.29, 1.82) is 0 Å². The van der Waals surface area contributed by atoms with Crippen molar-refractivity contribution in [3.8, 4) is 0 Å². The molecule has 3 rings (SSSR count). The molecule has 0 aliphatic rings. The van der Waals surface area contributed by atoms with Crippen LogP contribution < -0.4 is 16.9 Å². The second-order valence-corrected chi connectivity index (χ2v) is 7.60. The lowest BCUT2D eigenvalue weighted by atomic mass is 10.2. The summed E-state index contributed by atoms with van der Waals surface area (Å²) >= 11 is 11.8. The molecule has 0 radical (unpaired) electrons.